The van der Waals surface area contributed by atoms with Crippen LogP contribution in [0.4, 0.5) is 11.5 Å². The van der Waals surface area contributed by atoms with Crippen LogP contribution in [-0.4, -0.2) is 33.5 Å². The number of halogens is 1. The molecule has 0 fully saturated rings. The molecule has 0 aliphatic heterocycles. The Kier molecular flexibility index (Phi) is 7.39. The van der Waals surface area contributed by atoms with Crippen molar-refractivity contribution >= 4 is 39.9 Å². The van der Waals surface area contributed by atoms with Crippen LogP contribution in [-0.2, 0) is 11.4 Å². The summed E-state index contributed by atoms with van der Waals surface area (Å²) in [5, 5.41) is 7.29. The lowest BCUT2D eigenvalue weighted by Crippen LogP contribution is -2.35. The molecule has 0 unspecified atom stereocenters. The molecule has 0 spiro atoms. The number of ether oxygens (including phenoxy) is 2. The molecular weight excluding hydrogens is 454 g/mol. The van der Waals surface area contributed by atoms with Gasteiger partial charge in [-0.25, -0.2) is 9.97 Å². The smallest absolute Gasteiger partial charge is 0.217 e. The van der Waals surface area contributed by atoms with Gasteiger partial charge in [0.05, 0.1) is 27.7 Å². The van der Waals surface area contributed by atoms with Gasteiger partial charge in [-0.15, -0.1) is 0 Å². The number of amides is 1. The zero-order valence-corrected chi connectivity index (χ0v) is 19.5. The molecule has 8 nitrogen and oxygen atoms in total. The summed E-state index contributed by atoms with van der Waals surface area (Å²) >= 11 is 6.46. The fourth-order valence-corrected chi connectivity index (χ4v) is 3.60. The number of pyridine rings is 1. The number of anilines is 2. The van der Waals surface area contributed by atoms with E-state index >= 15 is 0 Å². The van der Waals surface area contributed by atoms with Crippen LogP contribution in [0.25, 0.3) is 10.9 Å². The SMILES string of the molecule is CC(=O)N[C@@H](C)COc1cccc2ncnc(Nc3ccc(OCc4ccccn4)c(Cl)c3)c12. The minimum absolute atomic E-state index is 0.107. The van der Waals surface area contributed by atoms with Crippen LogP contribution in [0.1, 0.15) is 19.5 Å². The Morgan fingerprint density at radius 3 is 2.68 bits per heavy atom. The van der Waals surface area contributed by atoms with Gasteiger partial charge in [0.1, 0.15) is 36.9 Å². The van der Waals surface area contributed by atoms with Gasteiger partial charge < -0.3 is 20.1 Å². The van der Waals surface area contributed by atoms with E-state index in [0.29, 0.717) is 35.6 Å². The van der Waals surface area contributed by atoms with Crippen molar-refractivity contribution in [3.05, 3.63) is 77.8 Å². The lowest BCUT2D eigenvalue weighted by atomic mass is 10.2. The maximum Gasteiger partial charge on any atom is 0.217 e. The first kappa shape index (κ1) is 23.3. The van der Waals surface area contributed by atoms with E-state index in [9.17, 15) is 4.79 Å². The van der Waals surface area contributed by atoms with Crippen LogP contribution < -0.4 is 20.1 Å². The standard InChI is InChI=1S/C25H24ClN5O3/c1-16(30-17(2)32)13-33-23-8-5-7-21-24(23)25(29-15-28-21)31-18-9-10-22(20(26)12-18)34-14-19-6-3-4-11-27-19/h3-12,15-16H,13-14H2,1-2H3,(H,30,32)(H,28,29,31)/t16-/m0/s1. The number of hydrogen-bond donors (Lipinski definition) is 2. The number of fused-ring (bicyclic) bond motifs is 1. The van der Waals surface area contributed by atoms with Crippen molar-refractivity contribution < 1.29 is 14.3 Å². The van der Waals surface area contributed by atoms with Crippen LogP contribution in [0, 0.1) is 0 Å². The maximum absolute atomic E-state index is 11.3. The largest absolute Gasteiger partial charge is 0.491 e. The van der Waals surface area contributed by atoms with E-state index < -0.39 is 0 Å². The topological polar surface area (TPSA) is 98.3 Å². The molecule has 0 radical (unpaired) electrons. The quantitative estimate of drug-likeness (QED) is 0.353. The normalized spacial score (nSPS) is 11.6. The summed E-state index contributed by atoms with van der Waals surface area (Å²) < 4.78 is 11.8. The number of aromatic nitrogens is 3. The van der Waals surface area contributed by atoms with Gasteiger partial charge in [0.2, 0.25) is 5.91 Å². The molecule has 0 aliphatic carbocycles. The van der Waals surface area contributed by atoms with Gasteiger partial charge in [-0.3, -0.25) is 9.78 Å². The van der Waals surface area contributed by atoms with Crippen molar-refractivity contribution in [1.29, 1.82) is 0 Å². The number of carbonyl (C=O) groups is 1. The lowest BCUT2D eigenvalue weighted by Gasteiger charge is -2.16. The molecule has 4 rings (SSSR count). The summed E-state index contributed by atoms with van der Waals surface area (Å²) in [5.74, 6) is 1.63. The second-order valence-corrected chi connectivity index (χ2v) is 8.07. The molecule has 4 aromatic rings. The van der Waals surface area contributed by atoms with E-state index in [1.165, 1.54) is 13.3 Å². The molecule has 174 valence electrons. The van der Waals surface area contributed by atoms with Crippen LogP contribution in [0.3, 0.4) is 0 Å². The summed E-state index contributed by atoms with van der Waals surface area (Å²) in [6.45, 7) is 3.98. The Bertz CT molecular complexity index is 1280. The third-order valence-electron chi connectivity index (χ3n) is 4.86. The predicted molar refractivity (Wildman–Crippen MR) is 132 cm³/mol. The zero-order valence-electron chi connectivity index (χ0n) is 18.8. The molecular formula is C25H24ClN5O3. The van der Waals surface area contributed by atoms with E-state index in [2.05, 4.69) is 25.6 Å². The van der Waals surface area contributed by atoms with Crippen molar-refractivity contribution in [3.8, 4) is 11.5 Å². The number of benzene rings is 2. The Hall–Kier alpha value is -3.91. The average Bonchev–Trinajstić information content (AvgIpc) is 2.82. The monoisotopic (exact) mass is 477 g/mol. The molecule has 1 amide bonds. The average molecular weight is 478 g/mol. The van der Waals surface area contributed by atoms with E-state index in [4.69, 9.17) is 21.1 Å². The Morgan fingerprint density at radius 1 is 1.03 bits per heavy atom. The van der Waals surface area contributed by atoms with Gasteiger partial charge in [-0.2, -0.15) is 0 Å². The van der Waals surface area contributed by atoms with Crippen molar-refractivity contribution in [2.45, 2.75) is 26.5 Å². The summed E-state index contributed by atoms with van der Waals surface area (Å²) in [6, 6.07) is 16.5. The molecule has 34 heavy (non-hydrogen) atoms. The first-order valence-corrected chi connectivity index (χ1v) is 11.1. The Morgan fingerprint density at radius 2 is 1.91 bits per heavy atom. The molecule has 0 saturated heterocycles. The van der Waals surface area contributed by atoms with Gasteiger partial charge in [0.15, 0.2) is 0 Å². The third kappa shape index (κ3) is 5.90. The van der Waals surface area contributed by atoms with Gasteiger partial charge in [0.25, 0.3) is 0 Å². The Balaban J connectivity index is 1.52. The lowest BCUT2D eigenvalue weighted by molar-refractivity contribution is -0.119. The molecule has 2 heterocycles. The van der Waals surface area contributed by atoms with Gasteiger partial charge >= 0.3 is 0 Å². The number of nitrogens with zero attached hydrogens (tertiary/aromatic N) is 3. The molecule has 2 aromatic heterocycles. The fraction of sp³-hybridized carbons (Fsp3) is 0.200. The number of nitrogens with one attached hydrogen (secondary N) is 2. The first-order chi connectivity index (χ1) is 16.5. The minimum Gasteiger partial charge on any atom is -0.491 e. The minimum atomic E-state index is -0.147. The second kappa shape index (κ2) is 10.8. The fourth-order valence-electron chi connectivity index (χ4n) is 3.36. The maximum atomic E-state index is 11.3. The second-order valence-electron chi connectivity index (χ2n) is 7.67. The molecule has 9 heteroatoms. The van der Waals surface area contributed by atoms with E-state index in [-0.39, 0.29) is 11.9 Å². The first-order valence-electron chi connectivity index (χ1n) is 10.7. The van der Waals surface area contributed by atoms with Gasteiger partial charge in [0, 0.05) is 18.8 Å². The van der Waals surface area contributed by atoms with Crippen molar-refractivity contribution in [1.82, 2.24) is 20.3 Å². The van der Waals surface area contributed by atoms with Gasteiger partial charge in [-0.1, -0.05) is 23.7 Å². The van der Waals surface area contributed by atoms with Gasteiger partial charge in [-0.05, 0) is 49.4 Å². The van der Waals surface area contributed by atoms with Crippen molar-refractivity contribution in [2.24, 2.45) is 0 Å². The third-order valence-corrected chi connectivity index (χ3v) is 5.15. The zero-order chi connectivity index (χ0) is 23.9. The molecule has 1 atom stereocenters. The molecule has 0 saturated carbocycles. The highest BCUT2D eigenvalue weighted by atomic mass is 35.5. The highest BCUT2D eigenvalue weighted by molar-refractivity contribution is 6.32. The molecule has 0 aliphatic rings. The van der Waals surface area contributed by atoms with Crippen LogP contribution >= 0.6 is 11.6 Å². The highest BCUT2D eigenvalue weighted by Gasteiger charge is 2.13. The number of hydrogen-bond acceptors (Lipinski definition) is 7. The Labute approximate surface area is 202 Å². The van der Waals surface area contributed by atoms with E-state index in [1.807, 2.05) is 49.4 Å². The molecule has 2 N–H and O–H groups in total. The van der Waals surface area contributed by atoms with Crippen LogP contribution in [0.15, 0.2) is 67.1 Å². The predicted octanol–water partition coefficient (Wildman–Crippen LogP) is 4.90. The number of carbonyl (C=O) groups excluding carboxylic acids is 1. The summed E-state index contributed by atoms with van der Waals surface area (Å²) in [4.78, 5) is 24.3. The van der Waals surface area contributed by atoms with E-state index in [1.54, 1.807) is 18.3 Å². The van der Waals surface area contributed by atoms with Crippen molar-refractivity contribution in [3.63, 3.8) is 0 Å². The van der Waals surface area contributed by atoms with Crippen molar-refractivity contribution in [2.75, 3.05) is 11.9 Å². The molecule has 0 bridgehead atoms. The summed E-state index contributed by atoms with van der Waals surface area (Å²) in [5.41, 5.74) is 2.27. The highest BCUT2D eigenvalue weighted by Crippen LogP contribution is 2.34. The summed E-state index contributed by atoms with van der Waals surface area (Å²) in [6.07, 6.45) is 3.21. The van der Waals surface area contributed by atoms with E-state index in [0.717, 1.165) is 22.3 Å². The van der Waals surface area contributed by atoms with Crippen LogP contribution in [0.5, 0.6) is 11.5 Å². The summed E-state index contributed by atoms with van der Waals surface area (Å²) in [7, 11) is 0. The molecule has 2 aromatic carbocycles. The van der Waals surface area contributed by atoms with Crippen LogP contribution in [0.2, 0.25) is 5.02 Å². The number of rotatable bonds is 9.